The molecule has 2 N–H and O–H groups in total. The van der Waals surface area contributed by atoms with Crippen LogP contribution in [0.2, 0.25) is 0 Å². The van der Waals surface area contributed by atoms with Gasteiger partial charge < -0.3 is 5.73 Å². The third kappa shape index (κ3) is 2.35. The normalized spacial score (nSPS) is 11.6. The van der Waals surface area contributed by atoms with Crippen molar-refractivity contribution in [3.63, 3.8) is 0 Å². The molecular formula is C15H19N3. The second-order valence-corrected chi connectivity index (χ2v) is 5.51. The van der Waals surface area contributed by atoms with Crippen LogP contribution in [0.5, 0.6) is 0 Å². The summed E-state index contributed by atoms with van der Waals surface area (Å²) >= 11 is 0. The van der Waals surface area contributed by atoms with Gasteiger partial charge in [-0.1, -0.05) is 51.1 Å². The van der Waals surface area contributed by atoms with Crippen molar-refractivity contribution in [3.8, 4) is 11.1 Å². The molecule has 18 heavy (non-hydrogen) atoms. The predicted octanol–water partition coefficient (Wildman–Crippen LogP) is 3.33. The van der Waals surface area contributed by atoms with Crippen molar-refractivity contribution in [1.29, 1.82) is 0 Å². The molecule has 94 valence electrons. The van der Waals surface area contributed by atoms with E-state index in [1.54, 1.807) is 0 Å². The van der Waals surface area contributed by atoms with Crippen LogP contribution in [0.3, 0.4) is 0 Å². The number of benzene rings is 1. The fraction of sp³-hybridized carbons (Fsp3) is 0.333. The van der Waals surface area contributed by atoms with Gasteiger partial charge in [-0.05, 0) is 12.5 Å². The number of hydrogen-bond acceptors (Lipinski definition) is 3. The lowest BCUT2D eigenvalue weighted by Crippen LogP contribution is -2.18. The zero-order valence-corrected chi connectivity index (χ0v) is 11.4. The molecule has 1 aromatic carbocycles. The SMILES string of the molecule is Cc1nc(N)nc(C(C)(C)C)c1-c1ccccc1. The number of nitrogens with zero attached hydrogens (tertiary/aromatic N) is 2. The van der Waals surface area contributed by atoms with Gasteiger partial charge in [-0.25, -0.2) is 9.97 Å². The summed E-state index contributed by atoms with van der Waals surface area (Å²) < 4.78 is 0. The van der Waals surface area contributed by atoms with Crippen molar-refractivity contribution < 1.29 is 0 Å². The average molecular weight is 241 g/mol. The maximum atomic E-state index is 5.78. The number of rotatable bonds is 1. The summed E-state index contributed by atoms with van der Waals surface area (Å²) in [5.41, 5.74) is 9.88. The summed E-state index contributed by atoms with van der Waals surface area (Å²) in [5, 5.41) is 0. The first-order valence-electron chi connectivity index (χ1n) is 6.09. The number of hydrogen-bond donors (Lipinski definition) is 1. The van der Waals surface area contributed by atoms with E-state index in [0.29, 0.717) is 5.95 Å². The Morgan fingerprint density at radius 2 is 1.61 bits per heavy atom. The van der Waals surface area contributed by atoms with Crippen LogP contribution in [-0.2, 0) is 5.41 Å². The first-order chi connectivity index (χ1) is 8.39. The minimum Gasteiger partial charge on any atom is -0.368 e. The summed E-state index contributed by atoms with van der Waals surface area (Å²) in [6.07, 6.45) is 0. The lowest BCUT2D eigenvalue weighted by molar-refractivity contribution is 0.569. The van der Waals surface area contributed by atoms with E-state index in [0.717, 1.165) is 22.5 Å². The highest BCUT2D eigenvalue weighted by Gasteiger charge is 2.23. The third-order valence-electron chi connectivity index (χ3n) is 2.88. The Morgan fingerprint density at radius 3 is 2.17 bits per heavy atom. The van der Waals surface area contributed by atoms with Gasteiger partial charge in [-0.3, -0.25) is 0 Å². The van der Waals surface area contributed by atoms with Crippen LogP contribution in [0.1, 0.15) is 32.2 Å². The summed E-state index contributed by atoms with van der Waals surface area (Å²) in [6, 6.07) is 10.2. The van der Waals surface area contributed by atoms with Crippen LogP contribution in [0.4, 0.5) is 5.95 Å². The molecule has 0 spiro atoms. The molecule has 0 amide bonds. The maximum Gasteiger partial charge on any atom is 0.220 e. The predicted molar refractivity (Wildman–Crippen MR) is 75.3 cm³/mol. The molecule has 3 nitrogen and oxygen atoms in total. The highest BCUT2D eigenvalue weighted by molar-refractivity contribution is 5.70. The molecule has 0 aliphatic carbocycles. The number of aryl methyl sites for hydroxylation is 1. The number of aromatic nitrogens is 2. The van der Waals surface area contributed by atoms with E-state index in [2.05, 4.69) is 42.9 Å². The molecule has 0 aliphatic rings. The van der Waals surface area contributed by atoms with Crippen molar-refractivity contribution >= 4 is 5.95 Å². The fourth-order valence-electron chi connectivity index (χ4n) is 2.09. The van der Waals surface area contributed by atoms with E-state index in [1.165, 1.54) is 0 Å². The van der Waals surface area contributed by atoms with E-state index in [-0.39, 0.29) is 5.41 Å². The van der Waals surface area contributed by atoms with Crippen LogP contribution in [0.15, 0.2) is 30.3 Å². The monoisotopic (exact) mass is 241 g/mol. The summed E-state index contributed by atoms with van der Waals surface area (Å²) in [7, 11) is 0. The van der Waals surface area contributed by atoms with Gasteiger partial charge >= 0.3 is 0 Å². The summed E-state index contributed by atoms with van der Waals surface area (Å²) in [5.74, 6) is 0.345. The second kappa shape index (κ2) is 4.41. The van der Waals surface area contributed by atoms with Gasteiger partial charge in [0.1, 0.15) is 0 Å². The molecule has 0 unspecified atom stereocenters. The highest BCUT2D eigenvalue weighted by atomic mass is 15.0. The van der Waals surface area contributed by atoms with Crippen LogP contribution in [0.25, 0.3) is 11.1 Å². The van der Waals surface area contributed by atoms with Gasteiger partial charge in [-0.15, -0.1) is 0 Å². The molecule has 0 bridgehead atoms. The van der Waals surface area contributed by atoms with E-state index in [4.69, 9.17) is 5.73 Å². The van der Waals surface area contributed by atoms with Crippen LogP contribution in [0, 0.1) is 6.92 Å². The lowest BCUT2D eigenvalue weighted by Gasteiger charge is -2.23. The zero-order valence-electron chi connectivity index (χ0n) is 11.4. The second-order valence-electron chi connectivity index (χ2n) is 5.51. The minimum atomic E-state index is -0.0625. The smallest absolute Gasteiger partial charge is 0.220 e. The summed E-state index contributed by atoms with van der Waals surface area (Å²) in [4.78, 5) is 8.74. The Hall–Kier alpha value is -1.90. The van der Waals surface area contributed by atoms with Crippen LogP contribution >= 0.6 is 0 Å². The third-order valence-corrected chi connectivity index (χ3v) is 2.88. The Labute approximate surface area is 108 Å². The Bertz CT molecular complexity index is 554. The Morgan fingerprint density at radius 1 is 1.00 bits per heavy atom. The molecule has 1 heterocycles. The number of anilines is 1. The number of nitrogen functional groups attached to an aromatic ring is 1. The van der Waals surface area contributed by atoms with Crippen LogP contribution < -0.4 is 5.73 Å². The number of nitrogens with two attached hydrogens (primary N) is 1. The van der Waals surface area contributed by atoms with E-state index in [9.17, 15) is 0 Å². The van der Waals surface area contributed by atoms with E-state index < -0.39 is 0 Å². The first kappa shape index (κ1) is 12.6. The quantitative estimate of drug-likeness (QED) is 0.833. The average Bonchev–Trinajstić information content (AvgIpc) is 2.28. The van der Waals surface area contributed by atoms with E-state index >= 15 is 0 Å². The van der Waals surface area contributed by atoms with Gasteiger partial charge in [-0.2, -0.15) is 0 Å². The molecule has 0 fully saturated rings. The molecule has 2 rings (SSSR count). The van der Waals surface area contributed by atoms with E-state index in [1.807, 2.05) is 25.1 Å². The van der Waals surface area contributed by atoms with Crippen LogP contribution in [-0.4, -0.2) is 9.97 Å². The lowest BCUT2D eigenvalue weighted by atomic mass is 9.85. The molecular weight excluding hydrogens is 222 g/mol. The van der Waals surface area contributed by atoms with Gasteiger partial charge in [0, 0.05) is 11.0 Å². The van der Waals surface area contributed by atoms with Crippen molar-refractivity contribution in [2.24, 2.45) is 0 Å². The molecule has 0 aliphatic heterocycles. The van der Waals surface area contributed by atoms with Gasteiger partial charge in [0.05, 0.1) is 11.4 Å². The van der Waals surface area contributed by atoms with Crippen molar-refractivity contribution in [2.45, 2.75) is 33.1 Å². The Kier molecular flexibility index (Phi) is 3.07. The Balaban J connectivity index is 2.74. The highest BCUT2D eigenvalue weighted by Crippen LogP contribution is 2.33. The standard InChI is InChI=1S/C15H19N3/c1-10-12(11-8-6-5-7-9-11)13(15(2,3)4)18-14(16)17-10/h5-9H,1-4H3,(H2,16,17,18). The topological polar surface area (TPSA) is 51.8 Å². The minimum absolute atomic E-state index is 0.0625. The summed E-state index contributed by atoms with van der Waals surface area (Å²) in [6.45, 7) is 8.40. The largest absolute Gasteiger partial charge is 0.368 e. The van der Waals surface area contributed by atoms with Crippen molar-refractivity contribution in [3.05, 3.63) is 41.7 Å². The molecule has 0 saturated heterocycles. The molecule has 0 radical (unpaired) electrons. The zero-order chi connectivity index (χ0) is 13.3. The first-order valence-corrected chi connectivity index (χ1v) is 6.09. The van der Waals surface area contributed by atoms with Crippen molar-refractivity contribution in [2.75, 3.05) is 5.73 Å². The molecule has 0 saturated carbocycles. The maximum absolute atomic E-state index is 5.78. The van der Waals surface area contributed by atoms with Gasteiger partial charge in [0.15, 0.2) is 0 Å². The fourth-order valence-corrected chi connectivity index (χ4v) is 2.09. The molecule has 2 aromatic rings. The molecule has 0 atom stereocenters. The van der Waals surface area contributed by atoms with Crippen molar-refractivity contribution in [1.82, 2.24) is 9.97 Å². The van der Waals surface area contributed by atoms with Gasteiger partial charge in [0.25, 0.3) is 0 Å². The molecule has 3 heteroatoms. The van der Waals surface area contributed by atoms with Gasteiger partial charge in [0.2, 0.25) is 5.95 Å². The molecule has 1 aromatic heterocycles.